The van der Waals surface area contributed by atoms with Crippen molar-refractivity contribution in [3.63, 3.8) is 0 Å². The summed E-state index contributed by atoms with van der Waals surface area (Å²) in [6.07, 6.45) is 6.24. The summed E-state index contributed by atoms with van der Waals surface area (Å²) >= 11 is 0. The molecule has 6 nitrogen and oxygen atoms in total. The van der Waals surface area contributed by atoms with Crippen LogP contribution >= 0.6 is 0 Å². The first-order chi connectivity index (χ1) is 12.3. The van der Waals surface area contributed by atoms with Gasteiger partial charge in [0.25, 0.3) is 0 Å². The first-order valence-corrected chi connectivity index (χ1v) is 10.3. The molecule has 0 amide bonds. The molecule has 25 heavy (non-hydrogen) atoms. The van der Waals surface area contributed by atoms with Gasteiger partial charge in [0.05, 0.1) is 12.7 Å². The topological polar surface area (TPSA) is 58.1 Å². The van der Waals surface area contributed by atoms with E-state index in [1.165, 1.54) is 32.4 Å². The predicted molar refractivity (Wildman–Crippen MR) is 103 cm³/mol. The van der Waals surface area contributed by atoms with Crippen LogP contribution < -0.4 is 10.6 Å². The van der Waals surface area contributed by atoms with Gasteiger partial charge in [0.2, 0.25) is 0 Å². The zero-order valence-electron chi connectivity index (χ0n) is 16.3. The van der Waals surface area contributed by atoms with Crippen LogP contribution in [0.1, 0.15) is 46.0 Å². The lowest BCUT2D eigenvalue weighted by molar-refractivity contribution is 0.0168. The Kier molecular flexibility index (Phi) is 10.2. The second kappa shape index (κ2) is 12.5. The van der Waals surface area contributed by atoms with Crippen LogP contribution in [0.3, 0.4) is 0 Å². The first kappa shape index (κ1) is 20.5. The predicted octanol–water partition coefficient (Wildman–Crippen LogP) is 1.86. The summed E-state index contributed by atoms with van der Waals surface area (Å²) in [4.78, 5) is 7.33. The molecule has 0 spiro atoms. The molecule has 0 aliphatic carbocycles. The zero-order valence-corrected chi connectivity index (χ0v) is 16.3. The lowest BCUT2D eigenvalue weighted by Crippen LogP contribution is -2.40. The summed E-state index contributed by atoms with van der Waals surface area (Å²) in [7, 11) is 0. The highest BCUT2D eigenvalue weighted by molar-refractivity contribution is 5.79. The molecule has 2 saturated heterocycles. The second-order valence-corrected chi connectivity index (χ2v) is 7.11. The van der Waals surface area contributed by atoms with Crippen LogP contribution in [0.5, 0.6) is 0 Å². The van der Waals surface area contributed by atoms with Gasteiger partial charge in [-0.1, -0.05) is 6.92 Å². The number of aliphatic imine (C=N–C) groups is 1. The summed E-state index contributed by atoms with van der Waals surface area (Å²) in [6.45, 7) is 13.1. The average Bonchev–Trinajstić information content (AvgIpc) is 3.16. The van der Waals surface area contributed by atoms with Crippen molar-refractivity contribution in [1.82, 2.24) is 15.5 Å². The van der Waals surface area contributed by atoms with E-state index in [1.807, 2.05) is 0 Å². The van der Waals surface area contributed by atoms with Crippen molar-refractivity contribution < 1.29 is 9.47 Å². The zero-order chi connectivity index (χ0) is 17.7. The van der Waals surface area contributed by atoms with Crippen molar-refractivity contribution in [3.05, 3.63) is 0 Å². The van der Waals surface area contributed by atoms with Crippen molar-refractivity contribution in [3.8, 4) is 0 Å². The third-order valence-electron chi connectivity index (χ3n) is 4.99. The maximum Gasteiger partial charge on any atom is 0.191 e. The molecule has 0 aromatic carbocycles. The van der Waals surface area contributed by atoms with E-state index in [-0.39, 0.29) is 0 Å². The lowest BCUT2D eigenvalue weighted by Gasteiger charge is -2.31. The molecule has 2 N–H and O–H groups in total. The van der Waals surface area contributed by atoms with Crippen LogP contribution in [0.4, 0.5) is 0 Å². The van der Waals surface area contributed by atoms with E-state index in [1.54, 1.807) is 0 Å². The molecule has 2 fully saturated rings. The SMILES string of the molecule is CCNC(=NCC1CCCN(CC)C1)NCCCOCC1CCCO1. The molecule has 2 heterocycles. The van der Waals surface area contributed by atoms with Crippen LogP contribution in [-0.4, -0.2) is 76.1 Å². The van der Waals surface area contributed by atoms with Gasteiger partial charge in [0.1, 0.15) is 0 Å². The molecule has 2 unspecified atom stereocenters. The first-order valence-electron chi connectivity index (χ1n) is 10.3. The van der Waals surface area contributed by atoms with Gasteiger partial charge in [-0.3, -0.25) is 4.99 Å². The molecule has 0 saturated carbocycles. The van der Waals surface area contributed by atoms with Gasteiger partial charge in [-0.2, -0.15) is 0 Å². The normalized spacial score (nSPS) is 25.3. The van der Waals surface area contributed by atoms with E-state index in [9.17, 15) is 0 Å². The van der Waals surface area contributed by atoms with E-state index in [0.717, 1.165) is 64.8 Å². The number of ether oxygens (including phenoxy) is 2. The lowest BCUT2D eigenvalue weighted by atomic mass is 9.98. The van der Waals surface area contributed by atoms with Gasteiger partial charge >= 0.3 is 0 Å². The monoisotopic (exact) mass is 354 g/mol. The number of piperidine rings is 1. The second-order valence-electron chi connectivity index (χ2n) is 7.11. The molecule has 0 aromatic rings. The molecule has 0 radical (unpaired) electrons. The van der Waals surface area contributed by atoms with Crippen molar-refractivity contribution in [2.45, 2.75) is 52.1 Å². The molecule has 0 bridgehead atoms. The molecule has 2 atom stereocenters. The molecule has 2 aliphatic rings. The van der Waals surface area contributed by atoms with E-state index in [4.69, 9.17) is 14.5 Å². The molecule has 146 valence electrons. The van der Waals surface area contributed by atoms with Gasteiger partial charge in [-0.25, -0.2) is 0 Å². The fourth-order valence-corrected chi connectivity index (χ4v) is 3.52. The number of nitrogens with zero attached hydrogens (tertiary/aromatic N) is 2. The maximum absolute atomic E-state index is 5.71. The minimum absolute atomic E-state index is 0.324. The molecular weight excluding hydrogens is 316 g/mol. The van der Waals surface area contributed by atoms with E-state index < -0.39 is 0 Å². The summed E-state index contributed by atoms with van der Waals surface area (Å²) in [6, 6.07) is 0. The van der Waals surface area contributed by atoms with Crippen LogP contribution in [0.25, 0.3) is 0 Å². The van der Waals surface area contributed by atoms with Gasteiger partial charge in [-0.15, -0.1) is 0 Å². The number of hydrogen-bond donors (Lipinski definition) is 2. The van der Waals surface area contributed by atoms with E-state index in [0.29, 0.717) is 12.0 Å². The Labute approximate surface area is 153 Å². The number of hydrogen-bond acceptors (Lipinski definition) is 4. The van der Waals surface area contributed by atoms with Gasteiger partial charge < -0.3 is 25.0 Å². The van der Waals surface area contributed by atoms with Crippen molar-refractivity contribution in [1.29, 1.82) is 0 Å². The highest BCUT2D eigenvalue weighted by atomic mass is 16.5. The Morgan fingerprint density at radius 3 is 2.92 bits per heavy atom. The van der Waals surface area contributed by atoms with Crippen LogP contribution in [0.15, 0.2) is 4.99 Å². The average molecular weight is 355 g/mol. The smallest absolute Gasteiger partial charge is 0.191 e. The number of nitrogens with one attached hydrogen (secondary N) is 2. The van der Waals surface area contributed by atoms with Crippen LogP contribution in [0, 0.1) is 5.92 Å². The number of likely N-dealkylation sites (tertiary alicyclic amines) is 1. The fraction of sp³-hybridized carbons (Fsp3) is 0.947. The number of rotatable bonds is 10. The Morgan fingerprint density at radius 1 is 1.24 bits per heavy atom. The quantitative estimate of drug-likeness (QED) is 0.356. The van der Waals surface area contributed by atoms with Gasteiger partial charge in [0.15, 0.2) is 5.96 Å². The third-order valence-corrected chi connectivity index (χ3v) is 4.99. The highest BCUT2D eigenvalue weighted by Crippen LogP contribution is 2.16. The minimum atomic E-state index is 0.324. The van der Waals surface area contributed by atoms with E-state index in [2.05, 4.69) is 29.4 Å². The largest absolute Gasteiger partial charge is 0.379 e. The highest BCUT2D eigenvalue weighted by Gasteiger charge is 2.18. The van der Waals surface area contributed by atoms with Crippen molar-refractivity contribution in [2.75, 3.05) is 59.1 Å². The Balaban J connectivity index is 1.58. The van der Waals surface area contributed by atoms with Gasteiger partial charge in [-0.05, 0) is 58.0 Å². The molecule has 2 rings (SSSR count). The fourth-order valence-electron chi connectivity index (χ4n) is 3.52. The molecule has 2 aliphatic heterocycles. The van der Waals surface area contributed by atoms with Crippen molar-refractivity contribution >= 4 is 5.96 Å². The summed E-state index contributed by atoms with van der Waals surface area (Å²) in [5, 5.41) is 6.78. The molecule has 6 heteroatoms. The van der Waals surface area contributed by atoms with Crippen LogP contribution in [-0.2, 0) is 9.47 Å². The summed E-state index contributed by atoms with van der Waals surface area (Å²) in [5.74, 6) is 1.63. The summed E-state index contributed by atoms with van der Waals surface area (Å²) < 4.78 is 11.3. The van der Waals surface area contributed by atoms with Crippen LogP contribution in [0.2, 0.25) is 0 Å². The Bertz CT molecular complexity index is 372. The maximum atomic E-state index is 5.71. The Hall–Kier alpha value is -0.850. The third kappa shape index (κ3) is 8.38. The minimum Gasteiger partial charge on any atom is -0.379 e. The molecular formula is C19H38N4O2. The molecule has 0 aromatic heterocycles. The van der Waals surface area contributed by atoms with E-state index >= 15 is 0 Å². The number of guanidine groups is 1. The van der Waals surface area contributed by atoms with Crippen molar-refractivity contribution in [2.24, 2.45) is 10.9 Å². The Morgan fingerprint density at radius 2 is 2.16 bits per heavy atom. The standard InChI is InChI=1S/C19H38N4O2/c1-3-20-19(22-14-17-8-5-11-23(4-2)15-17)21-10-7-12-24-16-18-9-6-13-25-18/h17-18H,3-16H2,1-2H3,(H2,20,21,22). The van der Waals surface area contributed by atoms with Gasteiger partial charge in [0, 0.05) is 39.4 Å². The summed E-state index contributed by atoms with van der Waals surface area (Å²) in [5.41, 5.74) is 0.